The van der Waals surface area contributed by atoms with Crippen LogP contribution in [0.3, 0.4) is 0 Å². The Kier molecular flexibility index (Phi) is 9.64. The molecule has 1 saturated heterocycles. The zero-order chi connectivity index (χ0) is 16.1. The van der Waals surface area contributed by atoms with Crippen molar-refractivity contribution in [2.45, 2.75) is 25.1 Å². The van der Waals surface area contributed by atoms with Crippen LogP contribution >= 0.6 is 36.6 Å². The SMILES string of the molecule is CSCc1nc2ccccc2n1CC(=O)NCC1CCCNC1.Cl.Cl. The normalized spacial score (nSPS) is 16.8. The van der Waals surface area contributed by atoms with Gasteiger partial charge in [0.05, 0.1) is 16.8 Å². The zero-order valence-corrected chi connectivity index (χ0v) is 16.8. The molecule has 1 amide bonds. The van der Waals surface area contributed by atoms with E-state index in [0.717, 1.165) is 42.2 Å². The topological polar surface area (TPSA) is 59.0 Å². The second kappa shape index (κ2) is 10.9. The molecule has 1 aliphatic rings. The molecule has 0 spiro atoms. The number of halogens is 2. The number of thioether (sulfide) groups is 1. The first-order chi connectivity index (χ1) is 11.3. The molecule has 1 fully saturated rings. The van der Waals surface area contributed by atoms with Crippen LogP contribution in [0.2, 0.25) is 0 Å². The number of hydrogen-bond acceptors (Lipinski definition) is 4. The first-order valence-corrected chi connectivity index (χ1v) is 9.58. The van der Waals surface area contributed by atoms with Gasteiger partial charge in [-0.3, -0.25) is 4.79 Å². The molecule has 3 rings (SSSR count). The van der Waals surface area contributed by atoms with Gasteiger partial charge in [-0.15, -0.1) is 24.8 Å². The van der Waals surface area contributed by atoms with Gasteiger partial charge >= 0.3 is 0 Å². The molecule has 140 valence electrons. The van der Waals surface area contributed by atoms with Gasteiger partial charge in [0.15, 0.2) is 0 Å². The van der Waals surface area contributed by atoms with E-state index < -0.39 is 0 Å². The minimum atomic E-state index is 0. The maximum atomic E-state index is 12.4. The van der Waals surface area contributed by atoms with E-state index in [1.807, 2.05) is 28.8 Å². The summed E-state index contributed by atoms with van der Waals surface area (Å²) < 4.78 is 2.04. The van der Waals surface area contributed by atoms with Crippen LogP contribution in [0.4, 0.5) is 0 Å². The van der Waals surface area contributed by atoms with Crippen molar-refractivity contribution in [1.29, 1.82) is 0 Å². The molecule has 0 aliphatic carbocycles. The van der Waals surface area contributed by atoms with Gasteiger partial charge in [-0.05, 0) is 50.2 Å². The van der Waals surface area contributed by atoms with Gasteiger partial charge in [0.2, 0.25) is 5.91 Å². The molecular weight excluding hydrogens is 379 g/mol. The summed E-state index contributed by atoms with van der Waals surface area (Å²) in [6.45, 7) is 3.21. The minimum Gasteiger partial charge on any atom is -0.354 e. The molecule has 1 aromatic heterocycles. The van der Waals surface area contributed by atoms with E-state index in [9.17, 15) is 4.79 Å². The number of hydrogen-bond donors (Lipinski definition) is 2. The molecule has 2 N–H and O–H groups in total. The predicted octanol–water partition coefficient (Wildman–Crippen LogP) is 2.86. The van der Waals surface area contributed by atoms with E-state index in [-0.39, 0.29) is 30.7 Å². The van der Waals surface area contributed by atoms with Crippen LogP contribution in [0.5, 0.6) is 0 Å². The number of nitrogens with zero attached hydrogens (tertiary/aromatic N) is 2. The quantitative estimate of drug-likeness (QED) is 0.776. The number of benzene rings is 1. The van der Waals surface area contributed by atoms with Crippen LogP contribution < -0.4 is 10.6 Å². The Labute approximate surface area is 165 Å². The number of carbonyl (C=O) groups excluding carboxylic acids is 1. The number of imidazole rings is 1. The number of carbonyl (C=O) groups is 1. The molecule has 0 bridgehead atoms. The van der Waals surface area contributed by atoms with Crippen molar-refractivity contribution in [2.75, 3.05) is 25.9 Å². The smallest absolute Gasteiger partial charge is 0.240 e. The fraction of sp³-hybridized carbons (Fsp3) is 0.529. The molecular formula is C17H26Cl2N4OS. The summed E-state index contributed by atoms with van der Waals surface area (Å²) in [6, 6.07) is 8.01. The van der Waals surface area contributed by atoms with E-state index in [0.29, 0.717) is 12.5 Å². The Hall–Kier alpha value is -0.950. The molecule has 5 nitrogen and oxygen atoms in total. The molecule has 0 saturated carbocycles. The lowest BCUT2D eigenvalue weighted by atomic mass is 10.00. The number of nitrogens with one attached hydrogen (secondary N) is 2. The van der Waals surface area contributed by atoms with Gasteiger partial charge in [-0.2, -0.15) is 11.8 Å². The summed E-state index contributed by atoms with van der Waals surface area (Å²) >= 11 is 1.72. The van der Waals surface area contributed by atoms with Crippen molar-refractivity contribution in [1.82, 2.24) is 20.2 Å². The molecule has 25 heavy (non-hydrogen) atoms. The maximum absolute atomic E-state index is 12.4. The Bertz CT molecular complexity index is 674. The third-order valence-corrected chi connectivity index (χ3v) is 4.84. The Morgan fingerprint density at radius 1 is 1.40 bits per heavy atom. The average molecular weight is 405 g/mol. The third kappa shape index (κ3) is 5.78. The van der Waals surface area contributed by atoms with Gasteiger partial charge in [-0.25, -0.2) is 4.98 Å². The summed E-state index contributed by atoms with van der Waals surface area (Å²) in [5.74, 6) is 2.40. The van der Waals surface area contributed by atoms with Crippen LogP contribution in [-0.4, -0.2) is 41.3 Å². The molecule has 1 aliphatic heterocycles. The molecule has 2 heterocycles. The average Bonchev–Trinajstić information content (AvgIpc) is 2.92. The molecule has 1 atom stereocenters. The highest BCUT2D eigenvalue weighted by Gasteiger charge is 2.16. The Morgan fingerprint density at radius 3 is 2.92 bits per heavy atom. The molecule has 1 aromatic carbocycles. The van der Waals surface area contributed by atoms with Crippen LogP contribution in [0.1, 0.15) is 18.7 Å². The molecule has 2 aromatic rings. The largest absolute Gasteiger partial charge is 0.354 e. The molecule has 1 unspecified atom stereocenters. The van der Waals surface area contributed by atoms with Crippen molar-refractivity contribution in [3.63, 3.8) is 0 Å². The third-order valence-electron chi connectivity index (χ3n) is 4.30. The summed E-state index contributed by atoms with van der Waals surface area (Å²) in [6.07, 6.45) is 4.45. The Morgan fingerprint density at radius 2 is 2.20 bits per heavy atom. The molecule has 8 heteroatoms. The first-order valence-electron chi connectivity index (χ1n) is 8.18. The summed E-state index contributed by atoms with van der Waals surface area (Å²) in [4.78, 5) is 17.0. The van der Waals surface area contributed by atoms with Gasteiger partial charge in [0, 0.05) is 6.54 Å². The van der Waals surface area contributed by atoms with Crippen molar-refractivity contribution in [3.8, 4) is 0 Å². The monoisotopic (exact) mass is 404 g/mol. The lowest BCUT2D eigenvalue weighted by Crippen LogP contribution is -2.39. The van der Waals surface area contributed by atoms with E-state index in [2.05, 4.69) is 21.9 Å². The minimum absolute atomic E-state index is 0. The maximum Gasteiger partial charge on any atom is 0.240 e. The van der Waals surface area contributed by atoms with Crippen molar-refractivity contribution in [3.05, 3.63) is 30.1 Å². The fourth-order valence-corrected chi connectivity index (χ4v) is 3.58. The van der Waals surface area contributed by atoms with Gasteiger partial charge in [-0.1, -0.05) is 12.1 Å². The van der Waals surface area contributed by atoms with Gasteiger partial charge in [0.25, 0.3) is 0 Å². The first kappa shape index (κ1) is 22.1. The zero-order valence-electron chi connectivity index (χ0n) is 14.4. The lowest BCUT2D eigenvalue weighted by molar-refractivity contribution is -0.121. The number of rotatable bonds is 6. The predicted molar refractivity (Wildman–Crippen MR) is 110 cm³/mol. The number of amides is 1. The second-order valence-electron chi connectivity index (χ2n) is 6.05. The van der Waals surface area contributed by atoms with Crippen molar-refractivity contribution in [2.24, 2.45) is 5.92 Å². The number of fused-ring (bicyclic) bond motifs is 1. The summed E-state index contributed by atoms with van der Waals surface area (Å²) in [5, 5.41) is 6.48. The highest BCUT2D eigenvalue weighted by Crippen LogP contribution is 2.18. The summed E-state index contributed by atoms with van der Waals surface area (Å²) in [5.41, 5.74) is 1.99. The second-order valence-corrected chi connectivity index (χ2v) is 6.92. The van der Waals surface area contributed by atoms with E-state index >= 15 is 0 Å². The lowest BCUT2D eigenvalue weighted by Gasteiger charge is -2.23. The molecule has 0 radical (unpaired) electrons. The number of para-hydroxylation sites is 2. The van der Waals surface area contributed by atoms with Gasteiger partial charge < -0.3 is 15.2 Å². The van der Waals surface area contributed by atoms with E-state index in [4.69, 9.17) is 0 Å². The van der Waals surface area contributed by atoms with E-state index in [1.54, 1.807) is 11.8 Å². The highest BCUT2D eigenvalue weighted by molar-refractivity contribution is 7.97. The van der Waals surface area contributed by atoms with Crippen LogP contribution in [-0.2, 0) is 17.1 Å². The van der Waals surface area contributed by atoms with Gasteiger partial charge in [0.1, 0.15) is 12.4 Å². The standard InChI is InChI=1S/C17H24N4OS.2ClH/c1-23-12-16-20-14-6-2-3-7-15(14)21(16)11-17(22)19-10-13-5-4-8-18-9-13;;/h2-3,6-7,13,18H,4-5,8-12H2,1H3,(H,19,22);2*1H. The highest BCUT2D eigenvalue weighted by atomic mass is 35.5. The fourth-order valence-electron chi connectivity index (χ4n) is 3.10. The van der Waals surface area contributed by atoms with Crippen molar-refractivity contribution >= 4 is 53.5 Å². The summed E-state index contributed by atoms with van der Waals surface area (Å²) in [7, 11) is 0. The van der Waals surface area contributed by atoms with Crippen LogP contribution in [0.15, 0.2) is 24.3 Å². The Balaban J connectivity index is 0.00000156. The van der Waals surface area contributed by atoms with Crippen LogP contribution in [0.25, 0.3) is 11.0 Å². The van der Waals surface area contributed by atoms with Crippen molar-refractivity contribution < 1.29 is 4.79 Å². The number of aromatic nitrogens is 2. The van der Waals surface area contributed by atoms with E-state index in [1.165, 1.54) is 12.8 Å². The number of piperidine rings is 1. The van der Waals surface area contributed by atoms with Crippen LogP contribution in [0, 0.1) is 5.92 Å².